The van der Waals surface area contributed by atoms with Crippen molar-refractivity contribution in [3.05, 3.63) is 0 Å². The highest BCUT2D eigenvalue weighted by Crippen LogP contribution is 2.26. The highest BCUT2D eigenvalue weighted by Gasteiger charge is 2.35. The maximum Gasteiger partial charge on any atom is 0.0746 e. The van der Waals surface area contributed by atoms with Crippen molar-refractivity contribution < 1.29 is 9.84 Å². The monoisotopic (exact) mass is 242 g/mol. The van der Waals surface area contributed by atoms with Crippen LogP contribution in [0.15, 0.2) is 0 Å². The Morgan fingerprint density at radius 3 is 2.53 bits per heavy atom. The van der Waals surface area contributed by atoms with Crippen LogP contribution in [0.5, 0.6) is 0 Å². The predicted octanol–water partition coefficient (Wildman–Crippen LogP) is 0.554. The number of nitrogens with zero attached hydrogens (tertiary/aromatic N) is 2. The lowest BCUT2D eigenvalue weighted by molar-refractivity contribution is -0.0108. The summed E-state index contributed by atoms with van der Waals surface area (Å²) in [5.74, 6) is 0. The summed E-state index contributed by atoms with van der Waals surface area (Å²) in [6.07, 6.45) is 2.35. The van der Waals surface area contributed by atoms with Crippen molar-refractivity contribution in [2.24, 2.45) is 0 Å². The van der Waals surface area contributed by atoms with Crippen molar-refractivity contribution in [1.29, 1.82) is 0 Å². The number of likely N-dealkylation sites (tertiary alicyclic amines) is 1. The standard InChI is InChI=1S/C13H26N2O2/c1-13(2,16)12-4-3-5-15(12)7-6-14-8-10-17-11-9-14/h12,16H,3-11H2,1-2H3. The molecule has 0 spiro atoms. The minimum Gasteiger partial charge on any atom is -0.389 e. The zero-order valence-electron chi connectivity index (χ0n) is 11.2. The minimum atomic E-state index is -0.568. The van der Waals surface area contributed by atoms with Gasteiger partial charge in [-0.3, -0.25) is 9.80 Å². The van der Waals surface area contributed by atoms with Crippen LogP contribution in [0.1, 0.15) is 26.7 Å². The SMILES string of the molecule is CC(C)(O)C1CCCN1CCN1CCOCC1. The molecule has 2 rings (SSSR count). The maximum absolute atomic E-state index is 10.1. The molecule has 2 aliphatic heterocycles. The first-order valence-corrected chi connectivity index (χ1v) is 6.84. The molecule has 4 nitrogen and oxygen atoms in total. The first kappa shape index (κ1) is 13.3. The second kappa shape index (κ2) is 5.65. The lowest BCUT2D eigenvalue weighted by Gasteiger charge is -2.35. The summed E-state index contributed by atoms with van der Waals surface area (Å²) in [6, 6.07) is 0.337. The van der Waals surface area contributed by atoms with Gasteiger partial charge in [-0.05, 0) is 33.2 Å². The van der Waals surface area contributed by atoms with Gasteiger partial charge in [-0.15, -0.1) is 0 Å². The summed E-state index contributed by atoms with van der Waals surface area (Å²) in [4.78, 5) is 4.92. The van der Waals surface area contributed by atoms with Gasteiger partial charge in [0, 0.05) is 32.2 Å². The molecule has 2 fully saturated rings. The molecule has 1 atom stereocenters. The third-order valence-corrected chi connectivity index (χ3v) is 3.99. The molecule has 0 aromatic carbocycles. The third-order valence-electron chi connectivity index (χ3n) is 3.99. The Morgan fingerprint density at radius 2 is 1.88 bits per heavy atom. The second-order valence-electron chi connectivity index (χ2n) is 5.80. The quantitative estimate of drug-likeness (QED) is 0.781. The second-order valence-corrected chi connectivity index (χ2v) is 5.80. The van der Waals surface area contributed by atoms with Crippen molar-refractivity contribution in [2.45, 2.75) is 38.3 Å². The Morgan fingerprint density at radius 1 is 1.18 bits per heavy atom. The molecule has 1 N–H and O–H groups in total. The van der Waals surface area contributed by atoms with E-state index in [4.69, 9.17) is 4.74 Å². The van der Waals surface area contributed by atoms with Crippen molar-refractivity contribution in [3.63, 3.8) is 0 Å². The van der Waals surface area contributed by atoms with E-state index in [2.05, 4.69) is 9.80 Å². The normalized spacial score (nSPS) is 28.8. The largest absolute Gasteiger partial charge is 0.389 e. The zero-order valence-corrected chi connectivity index (χ0v) is 11.2. The molecule has 2 aliphatic rings. The van der Waals surface area contributed by atoms with E-state index in [9.17, 15) is 5.11 Å². The van der Waals surface area contributed by atoms with Crippen LogP contribution in [0.3, 0.4) is 0 Å². The van der Waals surface area contributed by atoms with E-state index in [0.29, 0.717) is 6.04 Å². The molecule has 1 unspecified atom stereocenters. The first-order chi connectivity index (χ1) is 8.07. The zero-order chi connectivity index (χ0) is 12.3. The van der Waals surface area contributed by atoms with E-state index in [1.54, 1.807) is 0 Å². The lowest BCUT2D eigenvalue weighted by Crippen LogP contribution is -2.49. The van der Waals surface area contributed by atoms with Gasteiger partial charge in [-0.25, -0.2) is 0 Å². The van der Waals surface area contributed by atoms with Crippen LogP contribution in [-0.4, -0.2) is 72.5 Å². The van der Waals surface area contributed by atoms with Crippen LogP contribution < -0.4 is 0 Å². The highest BCUT2D eigenvalue weighted by atomic mass is 16.5. The minimum absolute atomic E-state index is 0.337. The predicted molar refractivity (Wildman–Crippen MR) is 68.2 cm³/mol. The Bertz CT molecular complexity index is 234. The molecule has 0 amide bonds. The number of ether oxygens (including phenoxy) is 1. The topological polar surface area (TPSA) is 35.9 Å². The van der Waals surface area contributed by atoms with Crippen LogP contribution in [-0.2, 0) is 4.74 Å². The van der Waals surface area contributed by atoms with Gasteiger partial charge < -0.3 is 9.84 Å². The summed E-state index contributed by atoms with van der Waals surface area (Å²) in [6.45, 7) is 11.0. The fourth-order valence-corrected chi connectivity index (χ4v) is 2.99. The first-order valence-electron chi connectivity index (χ1n) is 6.84. The molecule has 17 heavy (non-hydrogen) atoms. The van der Waals surface area contributed by atoms with Gasteiger partial charge in [0.15, 0.2) is 0 Å². The molecule has 0 aromatic rings. The van der Waals surface area contributed by atoms with Crippen LogP contribution in [0.2, 0.25) is 0 Å². The number of aliphatic hydroxyl groups is 1. The summed E-state index contributed by atoms with van der Waals surface area (Å²) in [7, 11) is 0. The van der Waals surface area contributed by atoms with E-state index in [1.807, 2.05) is 13.8 Å². The van der Waals surface area contributed by atoms with Crippen molar-refractivity contribution >= 4 is 0 Å². The van der Waals surface area contributed by atoms with Crippen molar-refractivity contribution in [2.75, 3.05) is 45.9 Å². The highest BCUT2D eigenvalue weighted by molar-refractivity contribution is 4.91. The Labute approximate surface area is 105 Å². The number of hydrogen-bond acceptors (Lipinski definition) is 4. The van der Waals surface area contributed by atoms with Gasteiger partial charge in [-0.1, -0.05) is 0 Å². The molecule has 2 heterocycles. The van der Waals surface area contributed by atoms with Crippen LogP contribution in [0.25, 0.3) is 0 Å². The van der Waals surface area contributed by atoms with E-state index >= 15 is 0 Å². The third kappa shape index (κ3) is 3.65. The van der Waals surface area contributed by atoms with Gasteiger partial charge in [0.05, 0.1) is 18.8 Å². The molecule has 2 saturated heterocycles. The number of hydrogen-bond donors (Lipinski definition) is 1. The molecule has 4 heteroatoms. The smallest absolute Gasteiger partial charge is 0.0746 e. The number of rotatable bonds is 4. The maximum atomic E-state index is 10.1. The molecule has 0 radical (unpaired) electrons. The van der Waals surface area contributed by atoms with Crippen LogP contribution >= 0.6 is 0 Å². The Hall–Kier alpha value is -0.160. The summed E-state index contributed by atoms with van der Waals surface area (Å²) < 4.78 is 5.35. The van der Waals surface area contributed by atoms with E-state index < -0.39 is 5.60 Å². The summed E-state index contributed by atoms with van der Waals surface area (Å²) in [5.41, 5.74) is -0.568. The average molecular weight is 242 g/mol. The summed E-state index contributed by atoms with van der Waals surface area (Å²) in [5, 5.41) is 10.1. The van der Waals surface area contributed by atoms with Crippen molar-refractivity contribution in [1.82, 2.24) is 9.80 Å². The molecule has 100 valence electrons. The molecule has 0 saturated carbocycles. The average Bonchev–Trinajstić information content (AvgIpc) is 2.75. The van der Waals surface area contributed by atoms with Gasteiger partial charge in [-0.2, -0.15) is 0 Å². The fraction of sp³-hybridized carbons (Fsp3) is 1.00. The van der Waals surface area contributed by atoms with Gasteiger partial charge in [0.25, 0.3) is 0 Å². The van der Waals surface area contributed by atoms with Crippen LogP contribution in [0.4, 0.5) is 0 Å². The molecule has 0 aromatic heterocycles. The molecular formula is C13H26N2O2. The van der Waals surface area contributed by atoms with Crippen LogP contribution in [0, 0.1) is 0 Å². The fourth-order valence-electron chi connectivity index (χ4n) is 2.99. The summed E-state index contributed by atoms with van der Waals surface area (Å²) >= 11 is 0. The Kier molecular flexibility index (Phi) is 4.42. The lowest BCUT2D eigenvalue weighted by atomic mass is 9.97. The van der Waals surface area contributed by atoms with E-state index in [-0.39, 0.29) is 0 Å². The van der Waals surface area contributed by atoms with Gasteiger partial charge >= 0.3 is 0 Å². The van der Waals surface area contributed by atoms with Gasteiger partial charge in [0.2, 0.25) is 0 Å². The molecule has 0 aliphatic carbocycles. The van der Waals surface area contributed by atoms with Crippen molar-refractivity contribution in [3.8, 4) is 0 Å². The Balaban J connectivity index is 1.77. The molecule has 0 bridgehead atoms. The number of morpholine rings is 1. The molecular weight excluding hydrogens is 216 g/mol. The van der Waals surface area contributed by atoms with E-state index in [0.717, 1.165) is 52.4 Å². The van der Waals surface area contributed by atoms with Gasteiger partial charge in [0.1, 0.15) is 0 Å². The van der Waals surface area contributed by atoms with E-state index in [1.165, 1.54) is 6.42 Å².